The Bertz CT molecular complexity index is 1570. The van der Waals surface area contributed by atoms with Gasteiger partial charge in [0.05, 0.1) is 34.3 Å². The number of carbonyl (C=O) groups is 1. The molecule has 1 amide bonds. The molecule has 0 saturated carbocycles. The molecule has 172 valence electrons. The molecule has 0 aliphatic carbocycles. The van der Waals surface area contributed by atoms with Crippen LogP contribution in [0.3, 0.4) is 0 Å². The van der Waals surface area contributed by atoms with Crippen molar-refractivity contribution in [2.75, 3.05) is 5.43 Å². The molecule has 0 unspecified atom stereocenters. The van der Waals surface area contributed by atoms with Gasteiger partial charge in [-0.2, -0.15) is 5.10 Å². The summed E-state index contributed by atoms with van der Waals surface area (Å²) in [6, 6.07) is 12.3. The number of fused-ring (bicyclic) bond motifs is 2. The maximum absolute atomic E-state index is 13.3. The van der Waals surface area contributed by atoms with Crippen molar-refractivity contribution in [2.24, 2.45) is 0 Å². The first-order valence-corrected chi connectivity index (χ1v) is 11.0. The van der Waals surface area contributed by atoms with Crippen molar-refractivity contribution in [3.05, 3.63) is 70.8 Å². The zero-order valence-corrected chi connectivity index (χ0v) is 18.9. The Hall–Kier alpha value is -4.47. The number of amides is 1. The lowest BCUT2D eigenvalue weighted by Crippen LogP contribution is -2.34. The summed E-state index contributed by atoms with van der Waals surface area (Å²) in [4.78, 5) is 35.3. The van der Waals surface area contributed by atoms with Crippen LogP contribution in [0.4, 0.5) is 5.95 Å². The number of anilines is 1. The van der Waals surface area contributed by atoms with Crippen LogP contribution in [0.5, 0.6) is 0 Å². The SMILES string of the molecule is CCn1c(NNC(=O)c2cc(-c3ccco3)nc3c2cnn3C(C)C)nc2ccccc2c1=O. The molecular formula is C24H23N7O3. The number of carbonyl (C=O) groups excluding carboxylic acids is 1. The summed E-state index contributed by atoms with van der Waals surface area (Å²) in [5, 5.41) is 5.53. The summed E-state index contributed by atoms with van der Waals surface area (Å²) in [5.74, 6) is 0.360. The second-order valence-corrected chi connectivity index (χ2v) is 8.03. The Morgan fingerprint density at radius 2 is 1.94 bits per heavy atom. The van der Waals surface area contributed by atoms with Gasteiger partial charge in [-0.15, -0.1) is 0 Å². The Balaban J connectivity index is 1.54. The molecular weight excluding hydrogens is 434 g/mol. The van der Waals surface area contributed by atoms with Crippen LogP contribution in [0.2, 0.25) is 0 Å². The second kappa shape index (κ2) is 8.47. The maximum Gasteiger partial charge on any atom is 0.270 e. The molecule has 10 nitrogen and oxygen atoms in total. The van der Waals surface area contributed by atoms with Crippen LogP contribution in [0, 0.1) is 0 Å². The first-order valence-electron chi connectivity index (χ1n) is 11.0. The Kier molecular flexibility index (Phi) is 5.33. The summed E-state index contributed by atoms with van der Waals surface area (Å²) in [5.41, 5.74) is 7.31. The van der Waals surface area contributed by atoms with Gasteiger partial charge in [0.1, 0.15) is 5.69 Å². The van der Waals surface area contributed by atoms with Crippen LogP contribution in [0.15, 0.2) is 64.1 Å². The lowest BCUT2D eigenvalue weighted by Gasteiger charge is -2.14. The fourth-order valence-corrected chi connectivity index (χ4v) is 3.87. The smallest absolute Gasteiger partial charge is 0.270 e. The topological polar surface area (TPSA) is 120 Å². The first-order chi connectivity index (χ1) is 16.5. The molecule has 0 fully saturated rings. The Morgan fingerprint density at radius 1 is 1.12 bits per heavy atom. The van der Waals surface area contributed by atoms with Crippen LogP contribution in [0.25, 0.3) is 33.4 Å². The van der Waals surface area contributed by atoms with Crippen molar-refractivity contribution >= 4 is 33.8 Å². The summed E-state index contributed by atoms with van der Waals surface area (Å²) in [6.45, 7) is 6.21. The summed E-state index contributed by atoms with van der Waals surface area (Å²) >= 11 is 0. The molecule has 0 atom stereocenters. The third-order valence-corrected chi connectivity index (χ3v) is 5.54. The van der Waals surface area contributed by atoms with Crippen LogP contribution in [-0.2, 0) is 6.54 Å². The zero-order valence-electron chi connectivity index (χ0n) is 18.9. The fraction of sp³-hybridized carbons (Fsp3) is 0.208. The number of hydrogen-bond donors (Lipinski definition) is 2. The monoisotopic (exact) mass is 457 g/mol. The molecule has 2 N–H and O–H groups in total. The summed E-state index contributed by atoms with van der Waals surface area (Å²) in [7, 11) is 0. The van der Waals surface area contributed by atoms with Crippen molar-refractivity contribution in [1.29, 1.82) is 0 Å². The number of furan rings is 1. The Morgan fingerprint density at radius 3 is 2.68 bits per heavy atom. The van der Waals surface area contributed by atoms with Gasteiger partial charge in [0.25, 0.3) is 11.5 Å². The molecule has 5 rings (SSSR count). The standard InChI is InChI=1S/C24H23N7O3/c1-4-30-23(33)15-8-5-6-9-18(15)27-24(30)29-28-22(32)16-12-19(20-10-7-11-34-20)26-21-17(16)13-25-31(21)14(2)3/h5-14H,4H2,1-3H3,(H,27,29)(H,28,32). The average Bonchev–Trinajstić information content (AvgIpc) is 3.52. The van der Waals surface area contributed by atoms with Crippen molar-refractivity contribution in [1.82, 2.24) is 29.7 Å². The molecule has 0 radical (unpaired) electrons. The van der Waals surface area contributed by atoms with E-state index in [0.29, 0.717) is 45.5 Å². The van der Waals surface area contributed by atoms with Gasteiger partial charge in [-0.3, -0.25) is 25.0 Å². The van der Waals surface area contributed by atoms with E-state index in [2.05, 4.69) is 25.9 Å². The minimum atomic E-state index is -0.423. The number of nitrogens with zero attached hydrogens (tertiary/aromatic N) is 5. The molecule has 5 aromatic rings. The molecule has 34 heavy (non-hydrogen) atoms. The molecule has 10 heteroatoms. The van der Waals surface area contributed by atoms with Crippen molar-refractivity contribution in [2.45, 2.75) is 33.4 Å². The molecule has 4 aromatic heterocycles. The molecule has 0 saturated heterocycles. The molecule has 0 bridgehead atoms. The molecule has 4 heterocycles. The molecule has 1 aromatic carbocycles. The third kappa shape index (κ3) is 3.58. The van der Waals surface area contributed by atoms with E-state index in [1.165, 1.54) is 4.57 Å². The van der Waals surface area contributed by atoms with Gasteiger partial charge in [-0.05, 0) is 51.1 Å². The highest BCUT2D eigenvalue weighted by Crippen LogP contribution is 2.26. The Labute approximate surface area is 194 Å². The highest BCUT2D eigenvalue weighted by molar-refractivity contribution is 6.06. The number of pyridine rings is 1. The second-order valence-electron chi connectivity index (χ2n) is 8.03. The number of para-hydroxylation sites is 1. The predicted octanol–water partition coefficient (Wildman–Crippen LogP) is 3.76. The van der Waals surface area contributed by atoms with Crippen LogP contribution in [0.1, 0.15) is 37.2 Å². The number of hydrazine groups is 1. The predicted molar refractivity (Wildman–Crippen MR) is 128 cm³/mol. The average molecular weight is 457 g/mol. The van der Waals surface area contributed by atoms with Crippen LogP contribution in [-0.4, -0.2) is 30.2 Å². The van der Waals surface area contributed by atoms with Crippen molar-refractivity contribution in [3.8, 4) is 11.5 Å². The van der Waals surface area contributed by atoms with Gasteiger partial charge in [-0.1, -0.05) is 12.1 Å². The molecule has 0 spiro atoms. The highest BCUT2D eigenvalue weighted by atomic mass is 16.3. The summed E-state index contributed by atoms with van der Waals surface area (Å²) < 4.78 is 8.73. The minimum Gasteiger partial charge on any atom is -0.463 e. The quantitative estimate of drug-likeness (QED) is 0.373. The zero-order chi connectivity index (χ0) is 23.8. The van der Waals surface area contributed by atoms with E-state index in [4.69, 9.17) is 4.42 Å². The summed E-state index contributed by atoms with van der Waals surface area (Å²) in [6.07, 6.45) is 3.18. The van der Waals surface area contributed by atoms with Gasteiger partial charge in [0.2, 0.25) is 5.95 Å². The number of aromatic nitrogens is 5. The number of rotatable bonds is 6. The largest absolute Gasteiger partial charge is 0.463 e. The minimum absolute atomic E-state index is 0.0478. The van der Waals surface area contributed by atoms with E-state index in [-0.39, 0.29) is 17.5 Å². The molecule has 0 aliphatic rings. The normalized spacial score (nSPS) is 11.4. The van der Waals surface area contributed by atoms with Gasteiger partial charge in [0.15, 0.2) is 11.4 Å². The third-order valence-electron chi connectivity index (χ3n) is 5.54. The number of hydrogen-bond acceptors (Lipinski definition) is 7. The van der Waals surface area contributed by atoms with Crippen molar-refractivity contribution < 1.29 is 9.21 Å². The fourth-order valence-electron chi connectivity index (χ4n) is 3.87. The van der Waals surface area contributed by atoms with Crippen molar-refractivity contribution in [3.63, 3.8) is 0 Å². The first kappa shape index (κ1) is 21.4. The van der Waals surface area contributed by atoms with Crippen LogP contribution >= 0.6 is 0 Å². The van der Waals surface area contributed by atoms with E-state index in [9.17, 15) is 9.59 Å². The lowest BCUT2D eigenvalue weighted by atomic mass is 10.1. The van der Waals surface area contributed by atoms with Crippen LogP contribution < -0.4 is 16.4 Å². The van der Waals surface area contributed by atoms with Gasteiger partial charge in [0, 0.05) is 12.6 Å². The van der Waals surface area contributed by atoms with E-state index < -0.39 is 5.91 Å². The van der Waals surface area contributed by atoms with E-state index in [1.807, 2.05) is 26.8 Å². The molecule has 0 aliphatic heterocycles. The van der Waals surface area contributed by atoms with E-state index in [0.717, 1.165) is 0 Å². The maximum atomic E-state index is 13.3. The van der Waals surface area contributed by atoms with E-state index >= 15 is 0 Å². The van der Waals surface area contributed by atoms with Gasteiger partial charge in [-0.25, -0.2) is 14.6 Å². The van der Waals surface area contributed by atoms with Gasteiger partial charge < -0.3 is 4.42 Å². The number of benzene rings is 1. The lowest BCUT2D eigenvalue weighted by molar-refractivity contribution is 0.0963. The van der Waals surface area contributed by atoms with Gasteiger partial charge >= 0.3 is 0 Å². The van der Waals surface area contributed by atoms with E-state index in [1.54, 1.807) is 53.5 Å². The highest BCUT2D eigenvalue weighted by Gasteiger charge is 2.20. The number of nitrogens with one attached hydrogen (secondary N) is 2.